The van der Waals surface area contributed by atoms with Crippen molar-refractivity contribution in [3.8, 4) is 0 Å². The van der Waals surface area contributed by atoms with Gasteiger partial charge >= 0.3 is 0 Å². The van der Waals surface area contributed by atoms with Crippen molar-refractivity contribution in [2.75, 3.05) is 6.54 Å². The van der Waals surface area contributed by atoms with Gasteiger partial charge in [-0.05, 0) is 60.2 Å². The number of hydrogen-bond donors (Lipinski definition) is 1. The number of thiazole rings is 1. The second-order valence-electron chi connectivity index (χ2n) is 4.62. The van der Waals surface area contributed by atoms with Crippen molar-refractivity contribution in [3.63, 3.8) is 0 Å². The van der Waals surface area contributed by atoms with Crippen LogP contribution in [-0.4, -0.2) is 11.5 Å². The Morgan fingerprint density at radius 2 is 2.05 bits per heavy atom. The number of hydrogen-bond acceptors (Lipinski definition) is 3. The first kappa shape index (κ1) is 14.9. The van der Waals surface area contributed by atoms with Crippen LogP contribution in [0.15, 0.2) is 29.6 Å². The monoisotopic (exact) mass is 386 g/mol. The van der Waals surface area contributed by atoms with Gasteiger partial charge in [0.1, 0.15) is 0 Å². The highest BCUT2D eigenvalue weighted by Gasteiger charge is 2.13. The van der Waals surface area contributed by atoms with Crippen molar-refractivity contribution in [3.05, 3.63) is 49.5 Å². The average Bonchev–Trinajstić information content (AvgIpc) is 2.81. The van der Waals surface area contributed by atoms with E-state index >= 15 is 0 Å². The molecule has 2 rings (SSSR count). The van der Waals surface area contributed by atoms with Crippen LogP contribution in [0, 0.1) is 10.5 Å². The molecule has 0 aliphatic carbocycles. The molecule has 2 nitrogen and oxygen atoms in total. The van der Waals surface area contributed by atoms with Crippen molar-refractivity contribution in [1.29, 1.82) is 0 Å². The van der Waals surface area contributed by atoms with E-state index in [9.17, 15) is 0 Å². The summed E-state index contributed by atoms with van der Waals surface area (Å²) in [6, 6.07) is 9.13. The van der Waals surface area contributed by atoms with Crippen LogP contribution in [0.5, 0.6) is 0 Å². The van der Waals surface area contributed by atoms with Gasteiger partial charge in [-0.3, -0.25) is 0 Å². The number of rotatable bonds is 6. The largest absolute Gasteiger partial charge is 0.310 e. The molecule has 102 valence electrons. The fraction of sp³-hybridized carbons (Fsp3) is 0.400. The molecule has 1 atom stereocenters. The van der Waals surface area contributed by atoms with Gasteiger partial charge in [0.2, 0.25) is 0 Å². The Morgan fingerprint density at radius 3 is 2.63 bits per heavy atom. The number of nitrogens with one attached hydrogen (secondary N) is 1. The zero-order chi connectivity index (χ0) is 13.7. The summed E-state index contributed by atoms with van der Waals surface area (Å²) in [5.74, 6) is 0. The highest BCUT2D eigenvalue weighted by atomic mass is 127. The van der Waals surface area contributed by atoms with Crippen LogP contribution >= 0.6 is 33.9 Å². The quantitative estimate of drug-likeness (QED) is 0.748. The van der Waals surface area contributed by atoms with Crippen molar-refractivity contribution in [1.82, 2.24) is 10.3 Å². The molecule has 2 aromatic rings. The van der Waals surface area contributed by atoms with E-state index in [0.29, 0.717) is 6.04 Å². The Balaban J connectivity index is 2.13. The number of halogens is 1. The minimum Gasteiger partial charge on any atom is -0.310 e. The van der Waals surface area contributed by atoms with Gasteiger partial charge in [0.15, 0.2) is 0 Å². The lowest BCUT2D eigenvalue weighted by Crippen LogP contribution is -2.24. The maximum absolute atomic E-state index is 4.58. The van der Waals surface area contributed by atoms with Crippen LogP contribution < -0.4 is 5.32 Å². The number of aromatic nitrogens is 1. The van der Waals surface area contributed by atoms with Crippen molar-refractivity contribution in [2.45, 2.75) is 32.7 Å². The van der Waals surface area contributed by atoms with Gasteiger partial charge < -0.3 is 5.32 Å². The first-order valence-electron chi connectivity index (χ1n) is 6.59. The van der Waals surface area contributed by atoms with E-state index in [-0.39, 0.29) is 0 Å². The molecular weight excluding hydrogens is 367 g/mol. The SMILES string of the molecule is CCCNC(Cc1csc(C)n1)c1ccc(I)cc1. The van der Waals surface area contributed by atoms with Crippen molar-refractivity contribution in [2.24, 2.45) is 0 Å². The Hall–Kier alpha value is -0.460. The normalized spacial score (nSPS) is 12.6. The lowest BCUT2D eigenvalue weighted by atomic mass is 10.0. The fourth-order valence-electron chi connectivity index (χ4n) is 2.03. The van der Waals surface area contributed by atoms with Crippen molar-refractivity contribution >= 4 is 33.9 Å². The van der Waals surface area contributed by atoms with Crippen LogP contribution in [0.1, 0.15) is 35.7 Å². The zero-order valence-corrected chi connectivity index (χ0v) is 14.3. The molecule has 1 N–H and O–H groups in total. The highest BCUT2D eigenvalue weighted by Crippen LogP contribution is 2.21. The Morgan fingerprint density at radius 1 is 1.32 bits per heavy atom. The van der Waals surface area contributed by atoms with Gasteiger partial charge in [-0.25, -0.2) is 4.98 Å². The Bertz CT molecular complexity index is 507. The molecule has 0 bridgehead atoms. The zero-order valence-electron chi connectivity index (χ0n) is 11.3. The molecule has 0 aliphatic heterocycles. The van der Waals surface area contributed by atoms with E-state index in [2.05, 4.69) is 76.4 Å². The molecular formula is C15H19IN2S. The summed E-state index contributed by atoms with van der Waals surface area (Å²) in [4.78, 5) is 4.58. The maximum Gasteiger partial charge on any atom is 0.0897 e. The minimum absolute atomic E-state index is 0.360. The van der Waals surface area contributed by atoms with Gasteiger partial charge in [-0.2, -0.15) is 0 Å². The molecule has 0 spiro atoms. The van der Waals surface area contributed by atoms with Gasteiger partial charge in [0.05, 0.1) is 10.7 Å². The molecule has 0 amide bonds. The second kappa shape index (κ2) is 7.36. The van der Waals surface area contributed by atoms with Gasteiger partial charge in [-0.15, -0.1) is 11.3 Å². The van der Waals surface area contributed by atoms with E-state index in [4.69, 9.17) is 0 Å². The smallest absolute Gasteiger partial charge is 0.0897 e. The summed E-state index contributed by atoms with van der Waals surface area (Å²) in [5, 5.41) is 6.94. The van der Waals surface area contributed by atoms with Crippen LogP contribution in [0.4, 0.5) is 0 Å². The van der Waals surface area contributed by atoms with E-state index in [1.54, 1.807) is 11.3 Å². The van der Waals surface area contributed by atoms with Gasteiger partial charge in [0.25, 0.3) is 0 Å². The van der Waals surface area contributed by atoms with Crippen molar-refractivity contribution < 1.29 is 0 Å². The lowest BCUT2D eigenvalue weighted by Gasteiger charge is -2.18. The number of nitrogens with zero attached hydrogens (tertiary/aromatic N) is 1. The fourth-order valence-corrected chi connectivity index (χ4v) is 3.02. The third kappa shape index (κ3) is 4.54. The van der Waals surface area contributed by atoms with Gasteiger partial charge in [-0.1, -0.05) is 19.1 Å². The summed E-state index contributed by atoms with van der Waals surface area (Å²) < 4.78 is 1.28. The summed E-state index contributed by atoms with van der Waals surface area (Å²) in [7, 11) is 0. The van der Waals surface area contributed by atoms with E-state index < -0.39 is 0 Å². The molecule has 4 heteroatoms. The van der Waals surface area contributed by atoms with Crippen LogP contribution in [0.3, 0.4) is 0 Å². The topological polar surface area (TPSA) is 24.9 Å². The standard InChI is InChI=1S/C15H19IN2S/c1-3-8-17-15(9-14-10-19-11(2)18-14)12-4-6-13(16)7-5-12/h4-7,10,15,17H,3,8-9H2,1-2H3. The Kier molecular flexibility index (Phi) is 5.78. The molecule has 1 unspecified atom stereocenters. The van der Waals surface area contributed by atoms with Gasteiger partial charge in [0, 0.05) is 21.4 Å². The second-order valence-corrected chi connectivity index (χ2v) is 6.93. The Labute approximate surface area is 132 Å². The third-order valence-electron chi connectivity index (χ3n) is 2.99. The third-order valence-corrected chi connectivity index (χ3v) is 4.53. The molecule has 1 aromatic heterocycles. The maximum atomic E-state index is 4.58. The minimum atomic E-state index is 0.360. The molecule has 1 heterocycles. The number of benzene rings is 1. The average molecular weight is 386 g/mol. The predicted molar refractivity (Wildman–Crippen MR) is 90.7 cm³/mol. The number of aryl methyl sites for hydroxylation is 1. The lowest BCUT2D eigenvalue weighted by molar-refractivity contribution is 0.525. The summed E-state index contributed by atoms with van der Waals surface area (Å²) in [6.45, 7) is 5.30. The molecule has 1 aromatic carbocycles. The first-order chi connectivity index (χ1) is 9.19. The molecule has 0 radical (unpaired) electrons. The molecule has 0 aliphatic rings. The van der Waals surface area contributed by atoms with Crippen LogP contribution in [-0.2, 0) is 6.42 Å². The van der Waals surface area contributed by atoms with Crippen LogP contribution in [0.2, 0.25) is 0 Å². The summed E-state index contributed by atoms with van der Waals surface area (Å²) in [6.07, 6.45) is 2.11. The summed E-state index contributed by atoms with van der Waals surface area (Å²) >= 11 is 4.07. The van der Waals surface area contributed by atoms with E-state index in [1.807, 2.05) is 0 Å². The summed E-state index contributed by atoms with van der Waals surface area (Å²) in [5.41, 5.74) is 2.54. The van der Waals surface area contributed by atoms with Crippen LogP contribution in [0.25, 0.3) is 0 Å². The molecule has 0 saturated carbocycles. The molecule has 19 heavy (non-hydrogen) atoms. The molecule has 0 saturated heterocycles. The highest BCUT2D eigenvalue weighted by molar-refractivity contribution is 14.1. The first-order valence-corrected chi connectivity index (χ1v) is 8.54. The van der Waals surface area contributed by atoms with E-state index in [0.717, 1.165) is 24.4 Å². The predicted octanol–water partition coefficient (Wildman–Crippen LogP) is 4.34. The molecule has 0 fully saturated rings. The van der Waals surface area contributed by atoms with E-state index in [1.165, 1.54) is 14.8 Å².